The van der Waals surface area contributed by atoms with E-state index in [1.54, 1.807) is 11.8 Å². The van der Waals surface area contributed by atoms with Crippen LogP contribution in [0, 0.1) is 0 Å². The molecule has 0 aliphatic carbocycles. The fourth-order valence-electron chi connectivity index (χ4n) is 1.71. The molecule has 0 radical (unpaired) electrons. The number of nitrogens with one attached hydrogen (secondary N) is 1. The van der Waals surface area contributed by atoms with Gasteiger partial charge in [-0.1, -0.05) is 55.4 Å². The van der Waals surface area contributed by atoms with Crippen LogP contribution in [0.3, 0.4) is 0 Å². The summed E-state index contributed by atoms with van der Waals surface area (Å²) in [6, 6.07) is 14.8. The number of rotatable bonds is 5. The molecule has 20 heavy (non-hydrogen) atoms. The van der Waals surface area contributed by atoms with E-state index in [0.29, 0.717) is 6.04 Å². The van der Waals surface area contributed by atoms with Gasteiger partial charge < -0.3 is 5.32 Å². The molecule has 2 rings (SSSR count). The van der Waals surface area contributed by atoms with Crippen LogP contribution in [0.4, 0.5) is 0 Å². The SMILES string of the molecule is CC(C)NCc1ccc(Sc2ccccc2Cl)c(Br)c1. The minimum Gasteiger partial charge on any atom is -0.310 e. The van der Waals surface area contributed by atoms with E-state index in [9.17, 15) is 0 Å². The Morgan fingerprint density at radius 2 is 1.90 bits per heavy atom. The molecular weight excluding hydrogens is 354 g/mol. The van der Waals surface area contributed by atoms with Gasteiger partial charge in [0.1, 0.15) is 0 Å². The van der Waals surface area contributed by atoms with Gasteiger partial charge in [-0.25, -0.2) is 0 Å². The highest BCUT2D eigenvalue weighted by atomic mass is 79.9. The maximum Gasteiger partial charge on any atom is 0.0545 e. The molecule has 1 N–H and O–H groups in total. The molecule has 0 atom stereocenters. The lowest BCUT2D eigenvalue weighted by atomic mass is 10.2. The van der Waals surface area contributed by atoms with E-state index in [2.05, 4.69) is 53.3 Å². The average molecular weight is 371 g/mol. The van der Waals surface area contributed by atoms with Crippen LogP contribution >= 0.6 is 39.3 Å². The Bertz CT molecular complexity index is 586. The number of hydrogen-bond donors (Lipinski definition) is 1. The molecule has 0 aromatic heterocycles. The van der Waals surface area contributed by atoms with Crippen LogP contribution in [0.1, 0.15) is 19.4 Å². The second kappa shape index (κ2) is 7.51. The fourth-order valence-corrected chi connectivity index (χ4v) is 3.47. The number of halogens is 2. The smallest absolute Gasteiger partial charge is 0.0545 e. The zero-order valence-electron chi connectivity index (χ0n) is 11.5. The third kappa shape index (κ3) is 4.52. The van der Waals surface area contributed by atoms with Crippen molar-refractivity contribution in [3.05, 3.63) is 57.5 Å². The lowest BCUT2D eigenvalue weighted by molar-refractivity contribution is 0.588. The Hall–Kier alpha value is -0.480. The third-order valence-electron chi connectivity index (χ3n) is 2.77. The van der Waals surface area contributed by atoms with Crippen molar-refractivity contribution >= 4 is 39.3 Å². The minimum absolute atomic E-state index is 0.492. The van der Waals surface area contributed by atoms with E-state index in [4.69, 9.17) is 11.6 Å². The van der Waals surface area contributed by atoms with Gasteiger partial charge in [-0.15, -0.1) is 0 Å². The van der Waals surface area contributed by atoms with Gasteiger partial charge in [0, 0.05) is 26.9 Å². The molecule has 0 saturated carbocycles. The molecule has 1 nitrogen and oxygen atoms in total. The van der Waals surface area contributed by atoms with E-state index in [-0.39, 0.29) is 0 Å². The first-order chi connectivity index (χ1) is 9.56. The van der Waals surface area contributed by atoms with Gasteiger partial charge in [0.05, 0.1) is 5.02 Å². The Balaban J connectivity index is 2.12. The molecule has 0 fully saturated rings. The van der Waals surface area contributed by atoms with Crippen molar-refractivity contribution in [2.45, 2.75) is 36.2 Å². The van der Waals surface area contributed by atoms with Crippen molar-refractivity contribution in [2.24, 2.45) is 0 Å². The van der Waals surface area contributed by atoms with E-state index in [0.717, 1.165) is 20.9 Å². The van der Waals surface area contributed by atoms with E-state index in [1.165, 1.54) is 10.5 Å². The summed E-state index contributed by atoms with van der Waals surface area (Å²) < 4.78 is 1.10. The van der Waals surface area contributed by atoms with Crippen LogP contribution in [0.5, 0.6) is 0 Å². The molecule has 2 aromatic rings. The standard InChI is InChI=1S/C16H17BrClNS/c1-11(2)19-10-12-7-8-15(13(17)9-12)20-16-6-4-3-5-14(16)18/h3-9,11,19H,10H2,1-2H3. The van der Waals surface area contributed by atoms with E-state index >= 15 is 0 Å². The van der Waals surface area contributed by atoms with Crippen LogP contribution in [0.25, 0.3) is 0 Å². The summed E-state index contributed by atoms with van der Waals surface area (Å²) in [5.41, 5.74) is 1.27. The molecule has 0 bridgehead atoms. The van der Waals surface area contributed by atoms with Gasteiger partial charge in [-0.2, -0.15) is 0 Å². The Labute approximate surface area is 138 Å². The van der Waals surface area contributed by atoms with Crippen LogP contribution in [0.15, 0.2) is 56.7 Å². The van der Waals surface area contributed by atoms with Crippen LogP contribution in [0.2, 0.25) is 5.02 Å². The Kier molecular flexibility index (Phi) is 5.97. The predicted molar refractivity (Wildman–Crippen MR) is 91.7 cm³/mol. The summed E-state index contributed by atoms with van der Waals surface area (Å²) in [5, 5.41) is 4.21. The molecule has 0 spiro atoms. The highest BCUT2D eigenvalue weighted by Gasteiger charge is 2.06. The quantitative estimate of drug-likeness (QED) is 0.719. The van der Waals surface area contributed by atoms with E-state index < -0.39 is 0 Å². The zero-order chi connectivity index (χ0) is 14.5. The largest absolute Gasteiger partial charge is 0.310 e. The molecule has 4 heteroatoms. The molecule has 0 unspecified atom stereocenters. The maximum atomic E-state index is 6.20. The molecular formula is C16H17BrClNS. The first-order valence-corrected chi connectivity index (χ1v) is 8.49. The molecule has 2 aromatic carbocycles. The van der Waals surface area contributed by atoms with Crippen molar-refractivity contribution in [3.63, 3.8) is 0 Å². The Morgan fingerprint density at radius 3 is 2.55 bits per heavy atom. The van der Waals surface area contributed by atoms with Crippen LogP contribution in [-0.2, 0) is 6.54 Å². The number of hydrogen-bond acceptors (Lipinski definition) is 2. The summed E-state index contributed by atoms with van der Waals surface area (Å²) in [4.78, 5) is 2.24. The second-order valence-corrected chi connectivity index (χ2v) is 7.18. The average Bonchev–Trinajstić information content (AvgIpc) is 2.41. The molecule has 0 aliphatic heterocycles. The summed E-state index contributed by atoms with van der Waals surface area (Å²) in [6.45, 7) is 5.18. The lowest BCUT2D eigenvalue weighted by Gasteiger charge is -2.11. The maximum absolute atomic E-state index is 6.20. The highest BCUT2D eigenvalue weighted by Crippen LogP contribution is 2.37. The van der Waals surface area contributed by atoms with Crippen molar-refractivity contribution in [1.82, 2.24) is 5.32 Å². The normalized spacial score (nSPS) is 11.1. The second-order valence-electron chi connectivity index (χ2n) is 4.83. The minimum atomic E-state index is 0.492. The van der Waals surface area contributed by atoms with Gasteiger partial charge in [0.2, 0.25) is 0 Å². The van der Waals surface area contributed by atoms with Crippen LogP contribution in [-0.4, -0.2) is 6.04 Å². The van der Waals surface area contributed by atoms with Gasteiger partial charge >= 0.3 is 0 Å². The fraction of sp³-hybridized carbons (Fsp3) is 0.250. The zero-order valence-corrected chi connectivity index (χ0v) is 14.6. The predicted octanol–water partition coefficient (Wildman–Crippen LogP) is 5.75. The summed E-state index contributed by atoms with van der Waals surface area (Å²) in [5.74, 6) is 0. The van der Waals surface area contributed by atoms with Crippen LogP contribution < -0.4 is 5.32 Å². The summed E-state index contributed by atoms with van der Waals surface area (Å²) in [7, 11) is 0. The molecule has 0 amide bonds. The van der Waals surface area contributed by atoms with Crippen molar-refractivity contribution in [1.29, 1.82) is 0 Å². The van der Waals surface area contributed by atoms with Crippen molar-refractivity contribution in [2.75, 3.05) is 0 Å². The number of benzene rings is 2. The van der Waals surface area contributed by atoms with Crippen molar-refractivity contribution < 1.29 is 0 Å². The Morgan fingerprint density at radius 1 is 1.15 bits per heavy atom. The lowest BCUT2D eigenvalue weighted by Crippen LogP contribution is -2.21. The summed E-state index contributed by atoms with van der Waals surface area (Å²) >= 11 is 11.5. The van der Waals surface area contributed by atoms with Gasteiger partial charge in [0.25, 0.3) is 0 Å². The van der Waals surface area contributed by atoms with Gasteiger partial charge in [0.15, 0.2) is 0 Å². The monoisotopic (exact) mass is 369 g/mol. The molecule has 0 saturated heterocycles. The molecule has 0 aliphatic rings. The van der Waals surface area contributed by atoms with E-state index in [1.807, 2.05) is 24.3 Å². The first-order valence-electron chi connectivity index (χ1n) is 6.50. The third-order valence-corrected chi connectivity index (χ3v) is 5.28. The first kappa shape index (κ1) is 15.9. The van der Waals surface area contributed by atoms with Gasteiger partial charge in [-0.05, 0) is 45.8 Å². The highest BCUT2D eigenvalue weighted by molar-refractivity contribution is 9.10. The van der Waals surface area contributed by atoms with Gasteiger partial charge in [-0.3, -0.25) is 0 Å². The molecule has 106 valence electrons. The summed E-state index contributed by atoms with van der Waals surface area (Å²) in [6.07, 6.45) is 0. The van der Waals surface area contributed by atoms with Crippen molar-refractivity contribution in [3.8, 4) is 0 Å². The topological polar surface area (TPSA) is 12.0 Å². The molecule has 0 heterocycles.